The van der Waals surface area contributed by atoms with E-state index >= 15 is 0 Å². The number of benzene rings is 1. The number of carbonyl (C=O) groups is 1. The van der Waals surface area contributed by atoms with Crippen LogP contribution in [0.1, 0.15) is 35.7 Å². The van der Waals surface area contributed by atoms with E-state index in [2.05, 4.69) is 0 Å². The average molecular weight is 329 g/mol. The summed E-state index contributed by atoms with van der Waals surface area (Å²) in [6.45, 7) is 6.25. The molecule has 5 heteroatoms. The second-order valence-corrected chi connectivity index (χ2v) is 6.32. The molecule has 0 bridgehead atoms. The minimum atomic E-state index is -0.549. The molecule has 128 valence electrons. The molecular formula is C19H23NO4. The Morgan fingerprint density at radius 3 is 2.79 bits per heavy atom. The van der Waals surface area contributed by atoms with Crippen molar-refractivity contribution in [3.63, 3.8) is 0 Å². The van der Waals surface area contributed by atoms with Crippen molar-refractivity contribution in [2.75, 3.05) is 19.8 Å². The second kappa shape index (κ2) is 7.18. The first-order chi connectivity index (χ1) is 11.6. The molecule has 0 spiro atoms. The number of rotatable bonds is 4. The van der Waals surface area contributed by atoms with E-state index in [1.54, 1.807) is 13.1 Å². The first-order valence-corrected chi connectivity index (χ1v) is 8.48. The fourth-order valence-electron chi connectivity index (χ4n) is 3.22. The van der Waals surface area contributed by atoms with Crippen molar-refractivity contribution < 1.29 is 14.3 Å². The van der Waals surface area contributed by atoms with Gasteiger partial charge in [-0.2, -0.15) is 0 Å². The second-order valence-electron chi connectivity index (χ2n) is 6.32. The third kappa shape index (κ3) is 3.36. The van der Waals surface area contributed by atoms with Crippen LogP contribution < -0.4 is 5.43 Å². The van der Waals surface area contributed by atoms with Crippen LogP contribution >= 0.6 is 0 Å². The van der Waals surface area contributed by atoms with Gasteiger partial charge in [-0.05, 0) is 44.7 Å². The third-order valence-corrected chi connectivity index (χ3v) is 4.53. The number of pyridine rings is 1. The largest absolute Gasteiger partial charge is 0.462 e. The number of aryl methyl sites for hydroxylation is 1. The zero-order valence-corrected chi connectivity index (χ0v) is 14.2. The molecule has 1 fully saturated rings. The highest BCUT2D eigenvalue weighted by Crippen LogP contribution is 2.21. The molecule has 0 atom stereocenters. The molecule has 0 radical (unpaired) electrons. The number of nitrogens with zero attached hydrogens (tertiary/aromatic N) is 1. The number of ether oxygens (including phenoxy) is 2. The quantitative estimate of drug-likeness (QED) is 0.809. The minimum absolute atomic E-state index is 0.113. The van der Waals surface area contributed by atoms with E-state index in [0.717, 1.165) is 43.7 Å². The lowest BCUT2D eigenvalue weighted by Gasteiger charge is -2.24. The fraction of sp³-hybridized carbons (Fsp3) is 0.474. The molecule has 3 rings (SSSR count). The Morgan fingerprint density at radius 1 is 1.33 bits per heavy atom. The molecule has 24 heavy (non-hydrogen) atoms. The molecule has 0 amide bonds. The number of hydrogen-bond donors (Lipinski definition) is 0. The monoisotopic (exact) mass is 329 g/mol. The maximum absolute atomic E-state index is 12.7. The molecular weight excluding hydrogens is 306 g/mol. The Labute approximate surface area is 141 Å². The van der Waals surface area contributed by atoms with Gasteiger partial charge in [0.25, 0.3) is 0 Å². The highest BCUT2D eigenvalue weighted by atomic mass is 16.5. The smallest absolute Gasteiger partial charge is 0.343 e. The fourth-order valence-corrected chi connectivity index (χ4v) is 3.22. The van der Waals surface area contributed by atoms with Crippen molar-refractivity contribution in [3.05, 3.63) is 45.7 Å². The first-order valence-electron chi connectivity index (χ1n) is 8.48. The van der Waals surface area contributed by atoms with Gasteiger partial charge in [0.05, 0.1) is 12.1 Å². The van der Waals surface area contributed by atoms with E-state index in [-0.39, 0.29) is 17.6 Å². The summed E-state index contributed by atoms with van der Waals surface area (Å²) in [5.74, 6) is -0.0626. The molecule has 0 N–H and O–H groups in total. The van der Waals surface area contributed by atoms with E-state index in [1.165, 1.54) is 0 Å². The summed E-state index contributed by atoms with van der Waals surface area (Å²) in [4.78, 5) is 24.9. The number of aromatic nitrogens is 1. The van der Waals surface area contributed by atoms with Gasteiger partial charge in [-0.3, -0.25) is 4.79 Å². The zero-order valence-electron chi connectivity index (χ0n) is 14.2. The summed E-state index contributed by atoms with van der Waals surface area (Å²) in [5, 5.41) is 0.576. The van der Waals surface area contributed by atoms with Crippen LogP contribution in [-0.2, 0) is 16.0 Å². The molecule has 1 aliphatic rings. The number of carbonyl (C=O) groups excluding carboxylic acids is 1. The van der Waals surface area contributed by atoms with Gasteiger partial charge >= 0.3 is 5.97 Å². The lowest BCUT2D eigenvalue weighted by atomic mass is 9.99. The first kappa shape index (κ1) is 16.7. The minimum Gasteiger partial charge on any atom is -0.462 e. The summed E-state index contributed by atoms with van der Waals surface area (Å²) in [6, 6.07) is 5.80. The van der Waals surface area contributed by atoms with Gasteiger partial charge in [0.2, 0.25) is 5.43 Å². The highest BCUT2D eigenvalue weighted by molar-refractivity contribution is 5.93. The summed E-state index contributed by atoms with van der Waals surface area (Å²) >= 11 is 0. The standard InChI is InChI=1S/C19H23NO4/c1-3-24-19(22)16-12-20(11-14-6-8-23-9-7-14)17-5-4-13(2)10-15(17)18(16)21/h4-5,10,12,14H,3,6-9,11H2,1-2H3. The molecule has 2 aromatic rings. The maximum Gasteiger partial charge on any atom is 0.343 e. The van der Waals surface area contributed by atoms with E-state index in [9.17, 15) is 9.59 Å². The van der Waals surface area contributed by atoms with Crippen molar-refractivity contribution in [1.82, 2.24) is 4.57 Å². The molecule has 1 aliphatic heterocycles. The van der Waals surface area contributed by atoms with Crippen molar-refractivity contribution in [2.24, 2.45) is 5.92 Å². The topological polar surface area (TPSA) is 57.5 Å². The van der Waals surface area contributed by atoms with Gasteiger partial charge in [-0.25, -0.2) is 4.79 Å². The van der Waals surface area contributed by atoms with E-state index in [0.29, 0.717) is 11.3 Å². The Kier molecular flexibility index (Phi) is 5.00. The van der Waals surface area contributed by atoms with Gasteiger partial charge in [0.15, 0.2) is 0 Å². The van der Waals surface area contributed by atoms with E-state index < -0.39 is 5.97 Å². The number of hydrogen-bond acceptors (Lipinski definition) is 4. The molecule has 1 aromatic heterocycles. The highest BCUT2D eigenvalue weighted by Gasteiger charge is 2.19. The predicted octanol–water partition coefficient (Wildman–Crippen LogP) is 2.91. The molecule has 5 nitrogen and oxygen atoms in total. The SMILES string of the molecule is CCOC(=O)c1cn(CC2CCOCC2)c2ccc(C)cc2c1=O. The predicted molar refractivity (Wildman–Crippen MR) is 92.4 cm³/mol. The molecule has 1 saturated heterocycles. The van der Waals surface area contributed by atoms with Crippen molar-refractivity contribution in [3.8, 4) is 0 Å². The van der Waals surface area contributed by atoms with Crippen molar-refractivity contribution in [1.29, 1.82) is 0 Å². The summed E-state index contributed by atoms with van der Waals surface area (Å²) < 4.78 is 12.5. The van der Waals surface area contributed by atoms with Crippen LogP contribution in [0.5, 0.6) is 0 Å². The summed E-state index contributed by atoms with van der Waals surface area (Å²) in [7, 11) is 0. The van der Waals surface area contributed by atoms with Gasteiger partial charge in [-0.15, -0.1) is 0 Å². The zero-order chi connectivity index (χ0) is 17.1. The number of fused-ring (bicyclic) bond motifs is 1. The molecule has 0 aliphatic carbocycles. The Bertz CT molecular complexity index is 803. The molecule has 2 heterocycles. The Morgan fingerprint density at radius 2 is 2.08 bits per heavy atom. The third-order valence-electron chi connectivity index (χ3n) is 4.53. The van der Waals surface area contributed by atoms with Crippen LogP contribution in [0.4, 0.5) is 0 Å². The summed E-state index contributed by atoms with van der Waals surface area (Å²) in [5.41, 5.74) is 1.72. The maximum atomic E-state index is 12.7. The van der Waals surface area contributed by atoms with Crippen LogP contribution in [0.15, 0.2) is 29.2 Å². The van der Waals surface area contributed by atoms with Gasteiger partial charge in [-0.1, -0.05) is 11.6 Å². The number of esters is 1. The Hall–Kier alpha value is -2.14. The van der Waals surface area contributed by atoms with E-state index in [4.69, 9.17) is 9.47 Å². The van der Waals surface area contributed by atoms with Crippen LogP contribution in [0, 0.1) is 12.8 Å². The Balaban J connectivity index is 2.09. The molecule has 0 saturated carbocycles. The van der Waals surface area contributed by atoms with Crippen molar-refractivity contribution in [2.45, 2.75) is 33.2 Å². The van der Waals surface area contributed by atoms with Crippen molar-refractivity contribution >= 4 is 16.9 Å². The van der Waals surface area contributed by atoms with Gasteiger partial charge in [0, 0.05) is 31.3 Å². The van der Waals surface area contributed by atoms with Crippen LogP contribution in [0.3, 0.4) is 0 Å². The lowest BCUT2D eigenvalue weighted by molar-refractivity contribution is 0.0521. The molecule has 1 aromatic carbocycles. The molecule has 0 unspecified atom stereocenters. The summed E-state index contributed by atoms with van der Waals surface area (Å²) in [6.07, 6.45) is 3.65. The van der Waals surface area contributed by atoms with E-state index in [1.807, 2.05) is 29.7 Å². The average Bonchev–Trinajstić information content (AvgIpc) is 2.58. The van der Waals surface area contributed by atoms with Gasteiger partial charge in [0.1, 0.15) is 5.56 Å². The van der Waals surface area contributed by atoms with Gasteiger partial charge < -0.3 is 14.0 Å². The normalized spacial score (nSPS) is 15.6. The van der Waals surface area contributed by atoms with Crippen LogP contribution in [-0.4, -0.2) is 30.4 Å². The van der Waals surface area contributed by atoms with Crippen LogP contribution in [0.25, 0.3) is 10.9 Å². The lowest BCUT2D eigenvalue weighted by Crippen LogP contribution is -2.25. The van der Waals surface area contributed by atoms with Crippen LogP contribution in [0.2, 0.25) is 0 Å².